The summed E-state index contributed by atoms with van der Waals surface area (Å²) in [6, 6.07) is 8.23. The number of phenolic OH excluding ortho intramolecular Hbond substituents is 2. The second-order valence-corrected chi connectivity index (χ2v) is 30.1. The van der Waals surface area contributed by atoms with Gasteiger partial charge in [-0.25, -0.2) is 9.78 Å². The SMILES string of the molecule is CSCCC(NC(=O)C(CC(C)C)NC(=O)C(Cc1cnc[nH]1)NC(=O)CNC(=O)C(NC(=O)C(C)NC(=O)C(Cc1c[nH]c2ccccc12)NC(=O)C(CCC(N)=O)NC(=O)CNC(=O)C(CO)NC(=O)CNC(=O)C(CCCCN)NC(=S)Nc1ccc2c(c1)C(=O)OC21c2ccc(O)cc2Oc2cc(O)ccc21)C(C)C)C(N)=O. The van der Waals surface area contributed by atoms with Crippen molar-refractivity contribution in [1.82, 2.24) is 78.8 Å². The number of H-pyrrole nitrogens is 2. The Labute approximate surface area is 681 Å². The van der Waals surface area contributed by atoms with Gasteiger partial charge >= 0.3 is 5.97 Å². The van der Waals surface area contributed by atoms with Crippen LogP contribution in [0.1, 0.15) is 118 Å². The van der Waals surface area contributed by atoms with Crippen LogP contribution in [0.5, 0.6) is 23.0 Å². The smallest absolute Gasteiger partial charge is 0.340 e. The number of imidazole rings is 1. The van der Waals surface area contributed by atoms with E-state index in [1.54, 1.807) is 68.6 Å². The van der Waals surface area contributed by atoms with E-state index in [4.69, 9.17) is 38.9 Å². The van der Waals surface area contributed by atoms with E-state index in [-0.39, 0.29) is 78.2 Å². The molecule has 40 heteroatoms. The molecule has 628 valence electrons. The monoisotopic (exact) mass is 1660 g/mol. The number of esters is 1. The van der Waals surface area contributed by atoms with Crippen molar-refractivity contribution in [2.45, 2.75) is 152 Å². The van der Waals surface area contributed by atoms with Gasteiger partial charge in [0, 0.05) is 82.8 Å². The highest BCUT2D eigenvalue weighted by Crippen LogP contribution is 2.57. The number of aromatic hydroxyl groups is 2. The summed E-state index contributed by atoms with van der Waals surface area (Å²) >= 11 is 7.06. The lowest BCUT2D eigenvalue weighted by Crippen LogP contribution is -2.59. The van der Waals surface area contributed by atoms with Crippen molar-refractivity contribution in [2.75, 3.05) is 50.1 Å². The molecule has 2 aliphatic heterocycles. The molecule has 24 N–H and O–H groups in total. The van der Waals surface area contributed by atoms with Gasteiger partial charge in [-0.2, -0.15) is 11.8 Å². The van der Waals surface area contributed by atoms with E-state index in [0.717, 1.165) is 0 Å². The summed E-state index contributed by atoms with van der Waals surface area (Å²) in [5, 5.41) is 64.8. The molecule has 6 aromatic rings. The maximum atomic E-state index is 14.5. The van der Waals surface area contributed by atoms with Crippen LogP contribution in [0.15, 0.2) is 97.6 Å². The quantitative estimate of drug-likeness (QED) is 0.0119. The summed E-state index contributed by atoms with van der Waals surface area (Å²) in [5.41, 5.74) is 18.5. The predicted molar refractivity (Wildman–Crippen MR) is 431 cm³/mol. The van der Waals surface area contributed by atoms with E-state index in [0.29, 0.717) is 63.1 Å². The number of nitrogens with zero attached hydrogens (tertiary/aromatic N) is 1. The number of unbranched alkanes of at least 4 members (excludes halogenated alkanes) is 1. The first-order valence-corrected chi connectivity index (χ1v) is 39.5. The summed E-state index contributed by atoms with van der Waals surface area (Å²) < 4.78 is 12.2. The van der Waals surface area contributed by atoms with Gasteiger partial charge in [-0.15, -0.1) is 0 Å². The fraction of sp³-hybridized carbons (Fsp3) is 0.429. The van der Waals surface area contributed by atoms with E-state index in [2.05, 4.69) is 84.1 Å². The van der Waals surface area contributed by atoms with Crippen LogP contribution < -0.4 is 91.1 Å². The molecule has 38 nitrogen and oxygen atoms in total. The van der Waals surface area contributed by atoms with E-state index >= 15 is 0 Å². The number of aromatic amines is 2. The summed E-state index contributed by atoms with van der Waals surface area (Å²) in [6.07, 6.45) is 6.37. The number of thioether (sulfide) groups is 1. The van der Waals surface area contributed by atoms with Gasteiger partial charge in [0.25, 0.3) is 0 Å². The lowest BCUT2D eigenvalue weighted by molar-refractivity contribution is -0.135. The molecule has 117 heavy (non-hydrogen) atoms. The second kappa shape index (κ2) is 42.3. The number of nitrogens with one attached hydrogen (secondary N) is 15. The number of amides is 13. The summed E-state index contributed by atoms with van der Waals surface area (Å²) in [5.74, 6) is -12.3. The standard InChI is InChI=1S/C77H99N19O19S2/c1-38(2)25-55(72(110)92-52(66(80)104)22-24-117-6)93-73(111)57(28-43-32-81-37-86-43)90-63(102)35-85-74(112)65(39(3)4)96-67(105)40(5)87-71(109)56(26-41-31-82-51-12-8-7-11-46(41)51)94-70(108)54(20-21-61(79)100)89-62(101)33-84-69(107)58(36-97)91-64(103)34-83-68(106)53(13-9-10-23-78)95-76(116)88-42-14-17-48-47(27-42)75(113)115-77(48)49-18-15-44(98)29-59(49)114-60-30-45(99)16-19-50(60)77/h7-8,11-12,14-19,27,29-32,37-40,52-58,65,82,97-99H,9-10,13,20-26,28,33-36,78H2,1-6H3,(H2,79,100)(H2,80,104)(H,81,86)(H,83,106)(H,84,107)(H,85,112)(H,87,109)(H,89,101)(H,90,102)(H,91,103)(H,92,110)(H,93,111)(H,94,108)(H,96,105)(H2,88,95,116). The molecule has 0 saturated heterocycles. The minimum absolute atomic E-state index is 0.0713. The first-order valence-electron chi connectivity index (χ1n) is 37.7. The molecule has 9 atom stereocenters. The van der Waals surface area contributed by atoms with Gasteiger partial charge in [-0.3, -0.25) is 62.3 Å². The topological polar surface area (TPSA) is 597 Å². The molecular formula is C77H99N19O19S2. The number of para-hydroxylation sites is 1. The number of primary amides is 2. The van der Waals surface area contributed by atoms with E-state index in [9.17, 15) is 82.4 Å². The minimum Gasteiger partial charge on any atom is -0.508 e. The number of aliphatic hydroxyl groups is 1. The summed E-state index contributed by atoms with van der Waals surface area (Å²) in [6.45, 7) is 5.08. The number of aliphatic hydroxyl groups excluding tert-OH is 1. The highest BCUT2D eigenvalue weighted by Gasteiger charge is 2.54. The number of thiocarbonyl (C=S) groups is 1. The zero-order valence-corrected chi connectivity index (χ0v) is 66.7. The van der Waals surface area contributed by atoms with Crippen LogP contribution in [-0.4, -0.2) is 217 Å². The van der Waals surface area contributed by atoms with Gasteiger partial charge in [-0.05, 0) is 136 Å². The Morgan fingerprint density at radius 1 is 0.590 bits per heavy atom. The lowest BCUT2D eigenvalue weighted by atomic mass is 9.77. The number of nitrogens with two attached hydrogens (primary N) is 3. The highest BCUT2D eigenvalue weighted by atomic mass is 32.2. The molecule has 0 bridgehead atoms. The van der Waals surface area contributed by atoms with Crippen molar-refractivity contribution in [1.29, 1.82) is 0 Å². The summed E-state index contributed by atoms with van der Waals surface area (Å²) in [4.78, 5) is 200. The molecule has 4 heterocycles. The number of carbonyl (C=O) groups excluding carboxylic acids is 14. The third-order valence-electron chi connectivity index (χ3n) is 19.0. The molecule has 4 aromatic carbocycles. The van der Waals surface area contributed by atoms with Gasteiger partial charge in [-0.1, -0.05) is 52.0 Å². The Morgan fingerprint density at radius 3 is 1.75 bits per heavy atom. The largest absolute Gasteiger partial charge is 0.508 e. The molecule has 0 radical (unpaired) electrons. The molecule has 2 aliphatic rings. The van der Waals surface area contributed by atoms with E-state index in [1.807, 2.05) is 20.1 Å². The molecule has 8 rings (SSSR count). The molecule has 1 spiro atoms. The van der Waals surface area contributed by atoms with Gasteiger partial charge in [0.15, 0.2) is 10.7 Å². The molecular weight excluding hydrogens is 1560 g/mol. The average Bonchev–Trinajstić information content (AvgIpc) is 1.58. The van der Waals surface area contributed by atoms with E-state index in [1.165, 1.54) is 61.5 Å². The number of rotatable bonds is 43. The molecule has 0 aliphatic carbocycles. The van der Waals surface area contributed by atoms with Crippen molar-refractivity contribution in [3.63, 3.8) is 0 Å². The summed E-state index contributed by atoms with van der Waals surface area (Å²) in [7, 11) is 0. The first-order chi connectivity index (χ1) is 55.7. The third-order valence-corrected chi connectivity index (χ3v) is 19.9. The van der Waals surface area contributed by atoms with Gasteiger partial charge in [0.05, 0.1) is 38.1 Å². The van der Waals surface area contributed by atoms with Crippen molar-refractivity contribution in [3.05, 3.63) is 131 Å². The van der Waals surface area contributed by atoms with Crippen LogP contribution in [-0.2, 0) is 85.5 Å². The molecule has 0 saturated carbocycles. The maximum absolute atomic E-state index is 14.5. The molecule has 0 fully saturated rings. The fourth-order valence-electron chi connectivity index (χ4n) is 13.0. The second-order valence-electron chi connectivity index (χ2n) is 28.7. The van der Waals surface area contributed by atoms with Crippen molar-refractivity contribution < 1.29 is 91.9 Å². The van der Waals surface area contributed by atoms with Gasteiger partial charge in [0.1, 0.15) is 77.4 Å². The number of anilines is 1. The van der Waals surface area contributed by atoms with Crippen LogP contribution in [0.3, 0.4) is 0 Å². The Morgan fingerprint density at radius 2 is 1.15 bits per heavy atom. The molecule has 13 amide bonds. The number of aromatic nitrogens is 3. The van der Waals surface area contributed by atoms with Crippen molar-refractivity contribution in [2.24, 2.45) is 29.0 Å². The Hall–Kier alpha value is -12.4. The zero-order valence-electron chi connectivity index (χ0n) is 65.1. The van der Waals surface area contributed by atoms with Gasteiger partial charge in [0.2, 0.25) is 76.8 Å². The average molecular weight is 1660 g/mol. The van der Waals surface area contributed by atoms with Crippen LogP contribution >= 0.6 is 24.0 Å². The Kier molecular flexibility index (Phi) is 32.5. The van der Waals surface area contributed by atoms with E-state index < -0.39 is 188 Å². The number of ether oxygens (including phenoxy) is 2. The van der Waals surface area contributed by atoms with Crippen molar-refractivity contribution >= 4 is 128 Å². The molecule has 9 unspecified atom stereocenters. The van der Waals surface area contributed by atoms with Crippen LogP contribution in [0.2, 0.25) is 0 Å². The first kappa shape index (κ1) is 90.1. The number of hydrogen-bond donors (Lipinski definition) is 21. The number of carbonyl (C=O) groups is 14. The normalized spacial score (nSPS) is 14.5. The fourth-order valence-corrected chi connectivity index (χ4v) is 13.7. The zero-order chi connectivity index (χ0) is 85.4. The minimum atomic E-state index is -1.70. The highest BCUT2D eigenvalue weighted by molar-refractivity contribution is 7.98. The van der Waals surface area contributed by atoms with Crippen molar-refractivity contribution in [3.8, 4) is 23.0 Å². The number of benzene rings is 4. The number of fused-ring (bicyclic) bond motifs is 7. The van der Waals surface area contributed by atoms with Gasteiger partial charge < -0.3 is 121 Å². The molecule has 2 aromatic heterocycles. The lowest BCUT2D eigenvalue weighted by Gasteiger charge is -2.36. The maximum Gasteiger partial charge on any atom is 0.340 e. The predicted octanol–water partition coefficient (Wildman–Crippen LogP) is -1.42. The third kappa shape index (κ3) is 24.8. The Balaban J connectivity index is 0.848. The van der Waals surface area contributed by atoms with Crippen LogP contribution in [0.25, 0.3) is 10.9 Å². The van der Waals surface area contributed by atoms with Crippen LogP contribution in [0, 0.1) is 11.8 Å². The number of hydrogen-bond acceptors (Lipinski definition) is 23. The number of phenols is 2. The van der Waals surface area contributed by atoms with Crippen LogP contribution in [0.4, 0.5) is 5.69 Å². The Bertz CT molecular complexity index is 4600.